The molecule has 2 aromatic rings. The van der Waals surface area contributed by atoms with Crippen molar-refractivity contribution in [1.82, 2.24) is 4.98 Å². The smallest absolute Gasteiger partial charge is 0.0705 e. The lowest BCUT2D eigenvalue weighted by molar-refractivity contribution is 0.563. The van der Waals surface area contributed by atoms with Crippen molar-refractivity contribution in [1.29, 1.82) is 0 Å². The van der Waals surface area contributed by atoms with E-state index in [1.165, 1.54) is 81.0 Å². The topological polar surface area (TPSA) is 12.9 Å². The van der Waals surface area contributed by atoms with Gasteiger partial charge in [-0.3, -0.25) is 4.98 Å². The minimum absolute atomic E-state index is 1.13. The first-order chi connectivity index (χ1) is 11.4. The fourth-order valence-corrected chi connectivity index (χ4v) is 3.59. The fourth-order valence-electron chi connectivity index (χ4n) is 3.59. The van der Waals surface area contributed by atoms with Crippen LogP contribution in [0.2, 0.25) is 0 Å². The van der Waals surface area contributed by atoms with Gasteiger partial charge in [-0.1, -0.05) is 81.3 Å². The van der Waals surface area contributed by atoms with E-state index in [-0.39, 0.29) is 0 Å². The number of rotatable bonds is 1. The Morgan fingerprint density at radius 1 is 0.565 bits per heavy atom. The van der Waals surface area contributed by atoms with Crippen molar-refractivity contribution < 1.29 is 0 Å². The van der Waals surface area contributed by atoms with Gasteiger partial charge in [0.05, 0.1) is 5.69 Å². The van der Waals surface area contributed by atoms with E-state index in [4.69, 9.17) is 4.98 Å². The van der Waals surface area contributed by atoms with Crippen LogP contribution in [0.3, 0.4) is 0 Å². The summed E-state index contributed by atoms with van der Waals surface area (Å²) in [5.74, 6) is 0. The Bertz CT molecular complexity index is 588. The van der Waals surface area contributed by atoms with Crippen molar-refractivity contribution in [2.24, 2.45) is 0 Å². The van der Waals surface area contributed by atoms with Gasteiger partial charge in [-0.2, -0.15) is 0 Å². The zero-order chi connectivity index (χ0) is 15.7. The minimum atomic E-state index is 1.13. The van der Waals surface area contributed by atoms with Crippen molar-refractivity contribution in [2.45, 2.75) is 70.6 Å². The van der Waals surface area contributed by atoms with Crippen molar-refractivity contribution in [3.63, 3.8) is 0 Å². The lowest BCUT2D eigenvalue weighted by atomic mass is 10.00. The molecule has 122 valence electrons. The summed E-state index contributed by atoms with van der Waals surface area (Å²) >= 11 is 0. The number of nitrogens with zero attached hydrogens (tertiary/aromatic N) is 1. The minimum Gasteiger partial charge on any atom is -0.253 e. The van der Waals surface area contributed by atoms with Gasteiger partial charge in [0, 0.05) is 11.3 Å². The Kier molecular flexibility index (Phi) is 6.25. The Balaban J connectivity index is 1.78. The lowest BCUT2D eigenvalue weighted by Gasteiger charge is -2.11. The van der Waals surface area contributed by atoms with Gasteiger partial charge in [0.25, 0.3) is 0 Å². The third kappa shape index (κ3) is 4.92. The molecule has 0 atom stereocenters. The van der Waals surface area contributed by atoms with E-state index in [1.807, 2.05) is 0 Å². The number of pyridine rings is 1. The predicted octanol–water partition coefficient (Wildman–Crippen LogP) is 6.36. The van der Waals surface area contributed by atoms with Crippen LogP contribution >= 0.6 is 0 Å². The van der Waals surface area contributed by atoms with Crippen LogP contribution in [0.25, 0.3) is 11.3 Å². The van der Waals surface area contributed by atoms with Crippen LogP contribution in [0.4, 0.5) is 0 Å². The van der Waals surface area contributed by atoms with Crippen LogP contribution in [-0.2, 0) is 12.8 Å². The molecule has 0 spiro atoms. The zero-order valence-electron chi connectivity index (χ0n) is 14.3. The van der Waals surface area contributed by atoms with E-state index in [2.05, 4.69) is 42.5 Å². The Labute approximate surface area is 141 Å². The summed E-state index contributed by atoms with van der Waals surface area (Å²) in [7, 11) is 0. The van der Waals surface area contributed by atoms with Crippen molar-refractivity contribution in [3.05, 3.63) is 53.7 Å². The van der Waals surface area contributed by atoms with E-state index >= 15 is 0 Å². The van der Waals surface area contributed by atoms with Gasteiger partial charge >= 0.3 is 0 Å². The standard InChI is InChI=1S/C22H29N/c1-2-4-6-9-15-20-17-18-22(19-13-10-8-11-14-19)23-21(20)16-12-7-5-3-1/h8,10-11,13-14,17-18H,1-7,9,12,15-16H2. The summed E-state index contributed by atoms with van der Waals surface area (Å²) in [4.78, 5) is 5.03. The molecular weight excluding hydrogens is 278 g/mol. The first kappa shape index (κ1) is 16.2. The summed E-state index contributed by atoms with van der Waals surface area (Å²) in [6.45, 7) is 0. The summed E-state index contributed by atoms with van der Waals surface area (Å²) in [5, 5.41) is 0. The summed E-state index contributed by atoms with van der Waals surface area (Å²) < 4.78 is 0. The highest BCUT2D eigenvalue weighted by atomic mass is 14.7. The molecule has 0 aliphatic heterocycles. The molecule has 0 unspecified atom stereocenters. The molecule has 1 aliphatic carbocycles. The van der Waals surface area contributed by atoms with Crippen LogP contribution in [0.15, 0.2) is 42.5 Å². The Morgan fingerprint density at radius 2 is 1.17 bits per heavy atom. The normalized spacial score (nSPS) is 17.4. The van der Waals surface area contributed by atoms with Crippen molar-refractivity contribution in [2.75, 3.05) is 0 Å². The summed E-state index contributed by atoms with van der Waals surface area (Å²) in [6, 6.07) is 15.1. The molecule has 1 aromatic heterocycles. The predicted molar refractivity (Wildman–Crippen MR) is 98.6 cm³/mol. The number of fused-ring (bicyclic) bond motifs is 1. The maximum Gasteiger partial charge on any atom is 0.0705 e. The average Bonchev–Trinajstić information content (AvgIpc) is 2.63. The number of hydrogen-bond acceptors (Lipinski definition) is 1. The monoisotopic (exact) mass is 307 g/mol. The zero-order valence-corrected chi connectivity index (χ0v) is 14.3. The molecule has 0 fully saturated rings. The third-order valence-corrected chi connectivity index (χ3v) is 5.00. The highest BCUT2D eigenvalue weighted by Crippen LogP contribution is 2.22. The van der Waals surface area contributed by atoms with Gasteiger partial charge in [0.2, 0.25) is 0 Å². The van der Waals surface area contributed by atoms with E-state index in [9.17, 15) is 0 Å². The largest absolute Gasteiger partial charge is 0.253 e. The number of hydrogen-bond donors (Lipinski definition) is 0. The van der Waals surface area contributed by atoms with Crippen molar-refractivity contribution in [3.8, 4) is 11.3 Å². The lowest BCUT2D eigenvalue weighted by Crippen LogP contribution is -2.00. The molecule has 23 heavy (non-hydrogen) atoms. The molecule has 1 heterocycles. The highest BCUT2D eigenvalue weighted by Gasteiger charge is 2.08. The molecule has 0 radical (unpaired) electrons. The maximum absolute atomic E-state index is 5.03. The molecule has 1 heteroatoms. The number of benzene rings is 1. The third-order valence-electron chi connectivity index (χ3n) is 5.00. The SMILES string of the molecule is c1ccc(-c2ccc3c(n2)CCCCCCCCCCC3)cc1. The first-order valence-electron chi connectivity index (χ1n) is 9.48. The average molecular weight is 307 g/mol. The molecule has 3 rings (SSSR count). The van der Waals surface area contributed by atoms with Crippen LogP contribution < -0.4 is 0 Å². The second-order valence-electron chi connectivity index (χ2n) is 6.85. The maximum atomic E-state index is 5.03. The number of aryl methyl sites for hydroxylation is 2. The molecule has 1 aliphatic rings. The Hall–Kier alpha value is -1.63. The van der Waals surface area contributed by atoms with Crippen LogP contribution in [0, 0.1) is 0 Å². The molecule has 0 saturated carbocycles. The Morgan fingerprint density at radius 3 is 1.87 bits per heavy atom. The van der Waals surface area contributed by atoms with Crippen LogP contribution in [0.1, 0.15) is 69.0 Å². The van der Waals surface area contributed by atoms with Gasteiger partial charge in [-0.25, -0.2) is 0 Å². The second-order valence-corrected chi connectivity index (χ2v) is 6.85. The van der Waals surface area contributed by atoms with Crippen LogP contribution in [-0.4, -0.2) is 4.98 Å². The van der Waals surface area contributed by atoms with E-state index in [0.29, 0.717) is 0 Å². The molecule has 0 N–H and O–H groups in total. The van der Waals surface area contributed by atoms with Gasteiger partial charge < -0.3 is 0 Å². The molecule has 0 saturated heterocycles. The van der Waals surface area contributed by atoms with Gasteiger partial charge in [-0.05, 0) is 37.3 Å². The molecule has 0 amide bonds. The summed E-state index contributed by atoms with van der Waals surface area (Å²) in [6.07, 6.45) is 14.8. The van der Waals surface area contributed by atoms with Crippen LogP contribution in [0.5, 0.6) is 0 Å². The molecule has 0 bridgehead atoms. The molecular formula is C22H29N. The van der Waals surface area contributed by atoms with E-state index in [0.717, 1.165) is 12.1 Å². The highest BCUT2D eigenvalue weighted by molar-refractivity contribution is 5.59. The quantitative estimate of drug-likeness (QED) is 0.597. The first-order valence-corrected chi connectivity index (χ1v) is 9.48. The fraction of sp³-hybridized carbons (Fsp3) is 0.500. The van der Waals surface area contributed by atoms with Gasteiger partial charge in [0.1, 0.15) is 0 Å². The molecule has 1 nitrogen and oxygen atoms in total. The number of aromatic nitrogens is 1. The second kappa shape index (κ2) is 8.86. The molecule has 1 aromatic carbocycles. The summed E-state index contributed by atoms with van der Waals surface area (Å²) in [5.41, 5.74) is 5.21. The van der Waals surface area contributed by atoms with Gasteiger partial charge in [-0.15, -0.1) is 0 Å². The van der Waals surface area contributed by atoms with Gasteiger partial charge in [0.15, 0.2) is 0 Å². The van der Waals surface area contributed by atoms with E-state index < -0.39 is 0 Å². The van der Waals surface area contributed by atoms with E-state index in [1.54, 1.807) is 0 Å². The van der Waals surface area contributed by atoms with Crippen molar-refractivity contribution >= 4 is 0 Å².